The van der Waals surface area contributed by atoms with Crippen molar-refractivity contribution in [2.45, 2.75) is 47.1 Å². The number of rotatable bonds is 9. The molecule has 2 amide bonds. The number of ether oxygens (including phenoxy) is 1. The van der Waals surface area contributed by atoms with Crippen molar-refractivity contribution in [3.8, 4) is 0 Å². The van der Waals surface area contributed by atoms with E-state index in [-0.39, 0.29) is 30.3 Å². The van der Waals surface area contributed by atoms with Crippen molar-refractivity contribution in [1.82, 2.24) is 14.7 Å². The molecule has 0 saturated carbocycles. The van der Waals surface area contributed by atoms with Crippen LogP contribution in [0.1, 0.15) is 37.2 Å². The second kappa shape index (κ2) is 11.4. The fourth-order valence-electron chi connectivity index (χ4n) is 3.88. The average Bonchev–Trinajstić information content (AvgIpc) is 3.02. The van der Waals surface area contributed by atoms with Crippen molar-refractivity contribution in [2.75, 3.05) is 43.5 Å². The van der Waals surface area contributed by atoms with Crippen molar-refractivity contribution in [1.29, 1.82) is 0 Å². The molecule has 9 heteroatoms. The number of carbonyl (C=O) groups excluding carboxylic acids is 2. The lowest BCUT2D eigenvalue weighted by Gasteiger charge is -2.26. The van der Waals surface area contributed by atoms with Gasteiger partial charge in [0.25, 0.3) is 0 Å². The van der Waals surface area contributed by atoms with E-state index in [2.05, 4.69) is 34.5 Å². The number of aryl methyl sites for hydroxylation is 1. The van der Waals surface area contributed by atoms with Crippen LogP contribution in [0.4, 0.5) is 15.8 Å². The summed E-state index contributed by atoms with van der Waals surface area (Å²) < 4.78 is 21.5. The molecule has 180 valence electrons. The van der Waals surface area contributed by atoms with E-state index in [1.165, 1.54) is 18.2 Å². The molecular formula is C24H34FN5O3. The maximum Gasteiger partial charge on any atom is 0.228 e. The fraction of sp³-hybridized carbons (Fsp3) is 0.542. The molecular weight excluding hydrogens is 425 g/mol. The van der Waals surface area contributed by atoms with Crippen molar-refractivity contribution < 1.29 is 18.7 Å². The third-order valence-corrected chi connectivity index (χ3v) is 5.69. The van der Waals surface area contributed by atoms with Crippen LogP contribution in [0.15, 0.2) is 18.2 Å². The van der Waals surface area contributed by atoms with E-state index < -0.39 is 5.82 Å². The SMILES string of the molecule is Cc1nn(CC(C)C)c(C)c1CC(=O)Nc1ccc(F)c(NC(=O)CCN2CCOCC2)c1. The van der Waals surface area contributed by atoms with Crippen molar-refractivity contribution in [3.63, 3.8) is 0 Å². The molecule has 33 heavy (non-hydrogen) atoms. The molecule has 1 fully saturated rings. The van der Waals surface area contributed by atoms with Crippen LogP contribution in [-0.4, -0.2) is 59.3 Å². The number of hydrogen-bond acceptors (Lipinski definition) is 5. The van der Waals surface area contributed by atoms with Crippen molar-refractivity contribution >= 4 is 23.2 Å². The first-order chi connectivity index (χ1) is 15.7. The Morgan fingerprint density at radius 2 is 1.88 bits per heavy atom. The minimum absolute atomic E-state index is 0.0527. The van der Waals surface area contributed by atoms with E-state index in [4.69, 9.17) is 4.74 Å². The number of nitrogens with zero attached hydrogens (tertiary/aromatic N) is 3. The number of aromatic nitrogens is 2. The number of hydrogen-bond donors (Lipinski definition) is 2. The molecule has 3 rings (SSSR count). The number of nitrogens with one attached hydrogen (secondary N) is 2. The van der Waals surface area contributed by atoms with Crippen LogP contribution in [0.25, 0.3) is 0 Å². The molecule has 0 atom stereocenters. The van der Waals surface area contributed by atoms with Gasteiger partial charge in [0.15, 0.2) is 0 Å². The maximum atomic E-state index is 14.3. The number of anilines is 2. The van der Waals surface area contributed by atoms with Gasteiger partial charge in [-0.15, -0.1) is 0 Å². The molecule has 2 aromatic rings. The lowest BCUT2D eigenvalue weighted by Crippen LogP contribution is -2.38. The summed E-state index contributed by atoms with van der Waals surface area (Å²) in [5.41, 5.74) is 3.18. The van der Waals surface area contributed by atoms with Crippen LogP contribution in [0.2, 0.25) is 0 Å². The van der Waals surface area contributed by atoms with Crippen LogP contribution in [0, 0.1) is 25.6 Å². The van der Waals surface area contributed by atoms with E-state index in [1.807, 2.05) is 18.5 Å². The van der Waals surface area contributed by atoms with Gasteiger partial charge in [-0.1, -0.05) is 13.8 Å². The molecule has 1 aromatic heterocycles. The summed E-state index contributed by atoms with van der Waals surface area (Å²) in [6.07, 6.45) is 0.434. The lowest BCUT2D eigenvalue weighted by molar-refractivity contribution is -0.117. The summed E-state index contributed by atoms with van der Waals surface area (Å²) >= 11 is 0. The summed E-state index contributed by atoms with van der Waals surface area (Å²) in [5.74, 6) is -0.588. The number of amides is 2. The van der Waals surface area contributed by atoms with Crippen LogP contribution in [0.3, 0.4) is 0 Å². The Morgan fingerprint density at radius 1 is 1.15 bits per heavy atom. The molecule has 0 unspecified atom stereocenters. The van der Waals surface area contributed by atoms with Gasteiger partial charge in [-0.3, -0.25) is 19.2 Å². The Balaban J connectivity index is 1.58. The molecule has 1 aliphatic heterocycles. The number of halogens is 1. The topological polar surface area (TPSA) is 88.5 Å². The minimum atomic E-state index is -0.547. The third-order valence-electron chi connectivity index (χ3n) is 5.69. The smallest absolute Gasteiger partial charge is 0.228 e. The largest absolute Gasteiger partial charge is 0.379 e. The molecule has 0 spiro atoms. The van der Waals surface area contributed by atoms with Gasteiger partial charge < -0.3 is 15.4 Å². The molecule has 0 aliphatic carbocycles. The van der Waals surface area contributed by atoms with E-state index in [1.54, 1.807) is 0 Å². The molecule has 2 N–H and O–H groups in total. The van der Waals surface area contributed by atoms with Crippen LogP contribution in [-0.2, 0) is 27.3 Å². The average molecular weight is 460 g/mol. The summed E-state index contributed by atoms with van der Waals surface area (Å²) in [4.78, 5) is 27.1. The lowest BCUT2D eigenvalue weighted by atomic mass is 10.1. The van der Waals surface area contributed by atoms with Crippen LogP contribution in [0.5, 0.6) is 0 Å². The fourth-order valence-corrected chi connectivity index (χ4v) is 3.88. The predicted molar refractivity (Wildman–Crippen MR) is 126 cm³/mol. The highest BCUT2D eigenvalue weighted by molar-refractivity contribution is 5.95. The minimum Gasteiger partial charge on any atom is -0.379 e. The van der Waals surface area contributed by atoms with Gasteiger partial charge in [-0.2, -0.15) is 5.10 Å². The Morgan fingerprint density at radius 3 is 2.58 bits per heavy atom. The zero-order chi connectivity index (χ0) is 24.0. The zero-order valence-electron chi connectivity index (χ0n) is 19.9. The van der Waals surface area contributed by atoms with Crippen molar-refractivity contribution in [2.24, 2.45) is 5.92 Å². The van der Waals surface area contributed by atoms with Crippen molar-refractivity contribution in [3.05, 3.63) is 41.0 Å². The number of carbonyl (C=O) groups is 2. The Labute approximate surface area is 194 Å². The quantitative estimate of drug-likeness (QED) is 0.602. The highest BCUT2D eigenvalue weighted by Gasteiger charge is 2.17. The van der Waals surface area contributed by atoms with Gasteiger partial charge >= 0.3 is 0 Å². The first kappa shape index (κ1) is 24.9. The Bertz CT molecular complexity index is 983. The summed E-state index contributed by atoms with van der Waals surface area (Å²) in [5, 5.41) is 9.97. The number of benzene rings is 1. The normalized spacial score (nSPS) is 14.5. The van der Waals surface area contributed by atoms with E-state index >= 15 is 0 Å². The summed E-state index contributed by atoms with van der Waals surface area (Å²) in [6, 6.07) is 4.17. The monoisotopic (exact) mass is 459 g/mol. The van der Waals surface area contributed by atoms with Gasteiger partial charge in [0.05, 0.1) is 31.0 Å². The maximum absolute atomic E-state index is 14.3. The van der Waals surface area contributed by atoms with Gasteiger partial charge in [0.2, 0.25) is 11.8 Å². The molecule has 8 nitrogen and oxygen atoms in total. The van der Waals surface area contributed by atoms with Gasteiger partial charge in [0, 0.05) is 49.5 Å². The van der Waals surface area contributed by atoms with Gasteiger partial charge in [-0.05, 0) is 38.0 Å². The number of morpholine rings is 1. The second-order valence-corrected chi connectivity index (χ2v) is 8.90. The predicted octanol–water partition coefficient (Wildman–Crippen LogP) is 3.14. The third kappa shape index (κ3) is 7.10. The summed E-state index contributed by atoms with van der Waals surface area (Å²) in [6.45, 7) is 12.4. The summed E-state index contributed by atoms with van der Waals surface area (Å²) in [7, 11) is 0. The van der Waals surface area contributed by atoms with E-state index in [0.717, 1.165) is 36.6 Å². The highest BCUT2D eigenvalue weighted by atomic mass is 19.1. The molecule has 0 radical (unpaired) electrons. The molecule has 2 heterocycles. The Kier molecular flexibility index (Phi) is 8.57. The van der Waals surface area contributed by atoms with Gasteiger partial charge in [-0.25, -0.2) is 4.39 Å². The highest BCUT2D eigenvalue weighted by Crippen LogP contribution is 2.21. The van der Waals surface area contributed by atoms with Crippen LogP contribution >= 0.6 is 0 Å². The molecule has 0 bridgehead atoms. The first-order valence-electron chi connectivity index (χ1n) is 11.4. The van der Waals surface area contributed by atoms with E-state index in [9.17, 15) is 14.0 Å². The van der Waals surface area contributed by atoms with Gasteiger partial charge in [0.1, 0.15) is 5.82 Å². The second-order valence-electron chi connectivity index (χ2n) is 8.90. The van der Waals surface area contributed by atoms with Crippen LogP contribution < -0.4 is 10.6 Å². The molecule has 1 aliphatic rings. The molecule has 1 aromatic carbocycles. The zero-order valence-corrected chi connectivity index (χ0v) is 19.9. The Hall–Kier alpha value is -2.78. The standard InChI is InChI=1S/C24H34FN5O3/c1-16(2)15-30-18(4)20(17(3)28-30)14-24(32)26-19-5-6-21(25)22(13-19)27-23(31)7-8-29-9-11-33-12-10-29/h5-6,13,16H,7-12,14-15H2,1-4H3,(H,26,32)(H,27,31). The molecule has 1 saturated heterocycles. The first-order valence-corrected chi connectivity index (χ1v) is 11.4. The van der Waals surface area contributed by atoms with E-state index in [0.29, 0.717) is 31.4 Å².